The van der Waals surface area contributed by atoms with Gasteiger partial charge in [0.05, 0.1) is 17.2 Å². The summed E-state index contributed by atoms with van der Waals surface area (Å²) in [5.41, 5.74) is 6.29. The van der Waals surface area contributed by atoms with E-state index in [2.05, 4.69) is 13.8 Å². The zero-order valence-corrected chi connectivity index (χ0v) is 10.9. The summed E-state index contributed by atoms with van der Waals surface area (Å²) < 4.78 is 11.6. The molecule has 1 aromatic carbocycles. The lowest BCUT2D eigenvalue weighted by Crippen LogP contribution is -2.35. The zero-order chi connectivity index (χ0) is 12.4. The van der Waals surface area contributed by atoms with Gasteiger partial charge in [-0.2, -0.15) is 0 Å². The summed E-state index contributed by atoms with van der Waals surface area (Å²) in [6, 6.07) is 5.33. The molecule has 2 unspecified atom stereocenters. The van der Waals surface area contributed by atoms with Crippen molar-refractivity contribution in [2.45, 2.75) is 45.0 Å². The number of rotatable bonds is 2. The van der Waals surface area contributed by atoms with Gasteiger partial charge in [-0.1, -0.05) is 11.6 Å². The van der Waals surface area contributed by atoms with Gasteiger partial charge in [0.25, 0.3) is 0 Å². The number of anilines is 1. The molecular weight excluding hydrogens is 238 g/mol. The van der Waals surface area contributed by atoms with Gasteiger partial charge in [0, 0.05) is 18.5 Å². The van der Waals surface area contributed by atoms with Crippen molar-refractivity contribution in [3.63, 3.8) is 0 Å². The van der Waals surface area contributed by atoms with Gasteiger partial charge in [-0.25, -0.2) is 0 Å². The van der Waals surface area contributed by atoms with Crippen molar-refractivity contribution in [3.8, 4) is 5.75 Å². The van der Waals surface area contributed by atoms with E-state index in [1.165, 1.54) is 0 Å². The van der Waals surface area contributed by atoms with Crippen molar-refractivity contribution in [2.75, 3.05) is 5.73 Å². The number of benzene rings is 1. The Hall–Kier alpha value is -0.930. The van der Waals surface area contributed by atoms with E-state index >= 15 is 0 Å². The third-order valence-corrected chi connectivity index (χ3v) is 3.20. The first-order valence-electron chi connectivity index (χ1n) is 5.91. The topological polar surface area (TPSA) is 44.5 Å². The van der Waals surface area contributed by atoms with E-state index in [4.69, 9.17) is 26.8 Å². The van der Waals surface area contributed by atoms with Crippen molar-refractivity contribution < 1.29 is 9.47 Å². The van der Waals surface area contributed by atoms with Crippen LogP contribution in [0, 0.1) is 0 Å². The molecule has 0 radical (unpaired) electrons. The zero-order valence-electron chi connectivity index (χ0n) is 10.2. The Bertz CT molecular complexity index is 387. The van der Waals surface area contributed by atoms with Crippen molar-refractivity contribution in [3.05, 3.63) is 23.2 Å². The SMILES string of the molecule is CC1CC(Oc2ccc(N)cc2Cl)CC(C)O1. The second-order valence-electron chi connectivity index (χ2n) is 4.66. The molecule has 1 aromatic rings. The molecule has 0 spiro atoms. The Kier molecular flexibility index (Phi) is 3.79. The van der Waals surface area contributed by atoms with Crippen LogP contribution in [0.2, 0.25) is 5.02 Å². The first-order valence-corrected chi connectivity index (χ1v) is 6.29. The molecular formula is C13H18ClNO2. The number of ether oxygens (including phenoxy) is 2. The van der Waals surface area contributed by atoms with Gasteiger partial charge in [0.15, 0.2) is 0 Å². The van der Waals surface area contributed by atoms with Gasteiger partial charge in [-0.05, 0) is 32.0 Å². The highest BCUT2D eigenvalue weighted by Crippen LogP contribution is 2.30. The van der Waals surface area contributed by atoms with Crippen LogP contribution in [-0.4, -0.2) is 18.3 Å². The maximum atomic E-state index is 6.09. The molecule has 1 fully saturated rings. The van der Waals surface area contributed by atoms with E-state index < -0.39 is 0 Å². The van der Waals surface area contributed by atoms with Crippen LogP contribution in [0.3, 0.4) is 0 Å². The van der Waals surface area contributed by atoms with E-state index in [1.54, 1.807) is 12.1 Å². The van der Waals surface area contributed by atoms with Crippen LogP contribution in [0.5, 0.6) is 5.75 Å². The second kappa shape index (κ2) is 5.15. The maximum Gasteiger partial charge on any atom is 0.138 e. The predicted molar refractivity (Wildman–Crippen MR) is 69.5 cm³/mol. The quantitative estimate of drug-likeness (QED) is 0.825. The van der Waals surface area contributed by atoms with Crippen molar-refractivity contribution in [1.29, 1.82) is 0 Å². The molecule has 17 heavy (non-hydrogen) atoms. The van der Waals surface area contributed by atoms with Crippen LogP contribution in [0.1, 0.15) is 26.7 Å². The minimum absolute atomic E-state index is 0.162. The summed E-state index contributed by atoms with van der Waals surface area (Å²) >= 11 is 6.09. The molecule has 0 aliphatic carbocycles. The van der Waals surface area contributed by atoms with Crippen LogP contribution in [0.15, 0.2) is 18.2 Å². The summed E-state index contributed by atoms with van der Waals surface area (Å²) in [5, 5.41) is 0.566. The Labute approximate surface area is 107 Å². The Balaban J connectivity index is 2.04. The molecule has 2 atom stereocenters. The van der Waals surface area contributed by atoms with Gasteiger partial charge in [-0.3, -0.25) is 0 Å². The summed E-state index contributed by atoms with van der Waals surface area (Å²) in [6.45, 7) is 4.13. The van der Waals surface area contributed by atoms with E-state index in [9.17, 15) is 0 Å². The van der Waals surface area contributed by atoms with Crippen molar-refractivity contribution in [2.24, 2.45) is 0 Å². The molecule has 1 aliphatic heterocycles. The average molecular weight is 256 g/mol. The van der Waals surface area contributed by atoms with Crippen molar-refractivity contribution >= 4 is 17.3 Å². The maximum absolute atomic E-state index is 6.09. The minimum Gasteiger partial charge on any atom is -0.489 e. The molecule has 0 aromatic heterocycles. The lowest BCUT2D eigenvalue weighted by Gasteiger charge is -2.32. The number of hydrogen-bond acceptors (Lipinski definition) is 3. The Morgan fingerprint density at radius 2 is 1.94 bits per heavy atom. The summed E-state index contributed by atoms with van der Waals surface area (Å²) in [7, 11) is 0. The van der Waals surface area contributed by atoms with Crippen molar-refractivity contribution in [1.82, 2.24) is 0 Å². The van der Waals surface area contributed by atoms with Gasteiger partial charge < -0.3 is 15.2 Å². The molecule has 1 aliphatic rings. The molecule has 1 heterocycles. The molecule has 2 rings (SSSR count). The third kappa shape index (κ3) is 3.27. The lowest BCUT2D eigenvalue weighted by atomic mass is 10.0. The van der Waals surface area contributed by atoms with Gasteiger partial charge in [0.1, 0.15) is 11.9 Å². The van der Waals surface area contributed by atoms with Crippen LogP contribution < -0.4 is 10.5 Å². The van der Waals surface area contributed by atoms with E-state index in [1.807, 2.05) is 6.07 Å². The number of halogens is 1. The third-order valence-electron chi connectivity index (χ3n) is 2.90. The average Bonchev–Trinajstić information content (AvgIpc) is 2.21. The van der Waals surface area contributed by atoms with Gasteiger partial charge in [0.2, 0.25) is 0 Å². The molecule has 94 valence electrons. The molecule has 2 N–H and O–H groups in total. The summed E-state index contributed by atoms with van der Waals surface area (Å²) in [6.07, 6.45) is 2.42. The molecule has 0 amide bonds. The van der Waals surface area contributed by atoms with Crippen LogP contribution >= 0.6 is 11.6 Å². The fourth-order valence-corrected chi connectivity index (χ4v) is 2.47. The van der Waals surface area contributed by atoms with Crippen LogP contribution in [-0.2, 0) is 4.74 Å². The fraction of sp³-hybridized carbons (Fsp3) is 0.538. The van der Waals surface area contributed by atoms with E-state index in [0.29, 0.717) is 16.5 Å². The molecule has 3 nitrogen and oxygen atoms in total. The number of nitrogens with two attached hydrogens (primary N) is 1. The minimum atomic E-state index is 0.162. The first-order chi connectivity index (χ1) is 8.04. The Morgan fingerprint density at radius 3 is 2.53 bits per heavy atom. The van der Waals surface area contributed by atoms with E-state index in [0.717, 1.165) is 12.8 Å². The number of hydrogen-bond donors (Lipinski definition) is 1. The number of nitrogen functional groups attached to an aromatic ring is 1. The normalized spacial score (nSPS) is 29.0. The van der Waals surface area contributed by atoms with Crippen LogP contribution in [0.4, 0.5) is 5.69 Å². The van der Waals surface area contributed by atoms with Gasteiger partial charge >= 0.3 is 0 Å². The Morgan fingerprint density at radius 1 is 1.29 bits per heavy atom. The molecule has 0 saturated carbocycles. The van der Waals surface area contributed by atoms with Gasteiger partial charge in [-0.15, -0.1) is 0 Å². The molecule has 4 heteroatoms. The monoisotopic (exact) mass is 255 g/mol. The van der Waals surface area contributed by atoms with Crippen LogP contribution in [0.25, 0.3) is 0 Å². The standard InChI is InChI=1S/C13H18ClNO2/c1-8-5-11(6-9(2)16-8)17-13-4-3-10(15)7-12(13)14/h3-4,7-9,11H,5-6,15H2,1-2H3. The highest BCUT2D eigenvalue weighted by molar-refractivity contribution is 6.32. The lowest BCUT2D eigenvalue weighted by molar-refractivity contribution is -0.0721. The predicted octanol–water partition coefficient (Wildman–Crippen LogP) is 3.26. The first kappa shape index (κ1) is 12.5. The van der Waals surface area contributed by atoms with E-state index in [-0.39, 0.29) is 18.3 Å². The smallest absolute Gasteiger partial charge is 0.138 e. The largest absolute Gasteiger partial charge is 0.489 e. The highest BCUT2D eigenvalue weighted by atomic mass is 35.5. The highest BCUT2D eigenvalue weighted by Gasteiger charge is 2.26. The molecule has 0 bridgehead atoms. The molecule has 1 saturated heterocycles. The summed E-state index contributed by atoms with van der Waals surface area (Å²) in [4.78, 5) is 0. The summed E-state index contributed by atoms with van der Waals surface area (Å²) in [5.74, 6) is 0.701. The fourth-order valence-electron chi connectivity index (χ4n) is 2.23. The second-order valence-corrected chi connectivity index (χ2v) is 5.07.